The molecule has 20 heavy (non-hydrogen) atoms. The molecule has 0 amide bonds. The summed E-state index contributed by atoms with van der Waals surface area (Å²) in [5.74, 6) is -1.25. The van der Waals surface area contributed by atoms with Crippen molar-refractivity contribution in [2.45, 2.75) is 19.0 Å². The zero-order valence-corrected chi connectivity index (χ0v) is 11.1. The third-order valence-electron chi connectivity index (χ3n) is 3.17. The molecule has 0 bridgehead atoms. The van der Waals surface area contributed by atoms with Gasteiger partial charge >= 0.3 is 5.97 Å². The maximum atomic E-state index is 12.9. The quantitative estimate of drug-likeness (QED) is 0.878. The van der Waals surface area contributed by atoms with E-state index >= 15 is 0 Å². The highest BCUT2D eigenvalue weighted by molar-refractivity contribution is 5.75. The number of carboxylic acid groups (broad SMARTS) is 1. The third-order valence-corrected chi connectivity index (χ3v) is 3.17. The van der Waals surface area contributed by atoms with Crippen LogP contribution in [0.1, 0.15) is 30.1 Å². The smallest absolute Gasteiger partial charge is 0.325 e. The molecular weight excluding hydrogens is 257 g/mol. The van der Waals surface area contributed by atoms with Gasteiger partial charge in [-0.05, 0) is 30.2 Å². The van der Waals surface area contributed by atoms with Crippen LogP contribution < -0.4 is 5.32 Å². The van der Waals surface area contributed by atoms with E-state index in [0.717, 1.165) is 5.56 Å². The average Bonchev–Trinajstić information content (AvgIpc) is 2.46. The summed E-state index contributed by atoms with van der Waals surface area (Å²) in [6.07, 6.45) is 0. The topological polar surface area (TPSA) is 49.3 Å². The van der Waals surface area contributed by atoms with Crippen LogP contribution in [0.3, 0.4) is 0 Å². The molecule has 104 valence electrons. The molecule has 1 unspecified atom stereocenters. The summed E-state index contributed by atoms with van der Waals surface area (Å²) in [6, 6.07) is 14.0. The number of rotatable bonds is 5. The number of benzene rings is 2. The van der Waals surface area contributed by atoms with E-state index in [1.54, 1.807) is 36.4 Å². The average molecular weight is 273 g/mol. The predicted molar refractivity (Wildman–Crippen MR) is 74.8 cm³/mol. The highest BCUT2D eigenvalue weighted by Gasteiger charge is 2.21. The first-order chi connectivity index (χ1) is 9.58. The fourth-order valence-corrected chi connectivity index (χ4v) is 2.05. The third kappa shape index (κ3) is 3.42. The minimum absolute atomic E-state index is 0.197. The van der Waals surface area contributed by atoms with Crippen molar-refractivity contribution in [3.05, 3.63) is 71.5 Å². The van der Waals surface area contributed by atoms with E-state index < -0.39 is 12.0 Å². The van der Waals surface area contributed by atoms with Crippen LogP contribution in [0.2, 0.25) is 0 Å². The minimum atomic E-state index is -0.940. The van der Waals surface area contributed by atoms with Crippen molar-refractivity contribution < 1.29 is 14.3 Å². The number of hydrogen-bond acceptors (Lipinski definition) is 2. The molecule has 0 saturated heterocycles. The standard InChI is InChI=1S/C16H16FNO2/c1-11(12-7-9-14(17)10-8-12)18-15(16(19)20)13-5-3-2-4-6-13/h2-11,15,18H,1H3,(H,19,20)/t11-,15?/m0/s1. The number of carbonyl (C=O) groups is 1. The number of halogens is 1. The van der Waals surface area contributed by atoms with Gasteiger partial charge in [-0.25, -0.2) is 4.39 Å². The Labute approximate surface area is 117 Å². The van der Waals surface area contributed by atoms with Gasteiger partial charge in [0.15, 0.2) is 0 Å². The second-order valence-electron chi connectivity index (χ2n) is 4.62. The monoisotopic (exact) mass is 273 g/mol. The van der Waals surface area contributed by atoms with E-state index in [-0.39, 0.29) is 11.9 Å². The Kier molecular flexibility index (Phi) is 4.48. The molecule has 2 rings (SSSR count). The summed E-state index contributed by atoms with van der Waals surface area (Å²) in [7, 11) is 0. The molecule has 2 aromatic rings. The van der Waals surface area contributed by atoms with Crippen molar-refractivity contribution in [2.24, 2.45) is 0 Å². The second kappa shape index (κ2) is 6.30. The van der Waals surface area contributed by atoms with Crippen molar-refractivity contribution in [3.63, 3.8) is 0 Å². The van der Waals surface area contributed by atoms with Gasteiger partial charge in [0.1, 0.15) is 11.9 Å². The SMILES string of the molecule is C[C@H](NC(C(=O)O)c1ccccc1)c1ccc(F)cc1. The molecule has 0 aromatic heterocycles. The summed E-state index contributed by atoms with van der Waals surface area (Å²) < 4.78 is 12.9. The molecule has 0 fully saturated rings. The van der Waals surface area contributed by atoms with E-state index in [2.05, 4.69) is 5.32 Å². The van der Waals surface area contributed by atoms with E-state index in [4.69, 9.17) is 0 Å². The van der Waals surface area contributed by atoms with Gasteiger partial charge in [0.25, 0.3) is 0 Å². The van der Waals surface area contributed by atoms with Gasteiger partial charge in [0.05, 0.1) is 0 Å². The summed E-state index contributed by atoms with van der Waals surface area (Å²) >= 11 is 0. The molecule has 0 heterocycles. The zero-order chi connectivity index (χ0) is 14.5. The van der Waals surface area contributed by atoms with Crippen molar-refractivity contribution in [2.75, 3.05) is 0 Å². The highest BCUT2D eigenvalue weighted by atomic mass is 19.1. The van der Waals surface area contributed by atoms with Crippen molar-refractivity contribution in [1.82, 2.24) is 5.32 Å². The van der Waals surface area contributed by atoms with Crippen LogP contribution in [0.5, 0.6) is 0 Å². The molecule has 0 aliphatic carbocycles. The minimum Gasteiger partial charge on any atom is -0.480 e. The Hall–Kier alpha value is -2.20. The normalized spacial score (nSPS) is 13.7. The van der Waals surface area contributed by atoms with Crippen LogP contribution >= 0.6 is 0 Å². The van der Waals surface area contributed by atoms with Gasteiger partial charge < -0.3 is 5.11 Å². The largest absolute Gasteiger partial charge is 0.480 e. The lowest BCUT2D eigenvalue weighted by Gasteiger charge is -2.21. The van der Waals surface area contributed by atoms with Crippen LogP contribution in [-0.2, 0) is 4.79 Å². The Balaban J connectivity index is 2.16. The molecule has 0 saturated carbocycles. The maximum Gasteiger partial charge on any atom is 0.325 e. The van der Waals surface area contributed by atoms with Crippen LogP contribution in [-0.4, -0.2) is 11.1 Å². The zero-order valence-electron chi connectivity index (χ0n) is 11.1. The summed E-state index contributed by atoms with van der Waals surface area (Å²) in [4.78, 5) is 11.4. The first-order valence-corrected chi connectivity index (χ1v) is 6.37. The van der Waals surface area contributed by atoms with E-state index in [9.17, 15) is 14.3 Å². The van der Waals surface area contributed by atoms with Gasteiger partial charge in [-0.3, -0.25) is 10.1 Å². The van der Waals surface area contributed by atoms with Crippen LogP contribution in [0.15, 0.2) is 54.6 Å². The lowest BCUT2D eigenvalue weighted by atomic mass is 10.0. The molecule has 2 N–H and O–H groups in total. The van der Waals surface area contributed by atoms with Gasteiger partial charge in [-0.15, -0.1) is 0 Å². The Morgan fingerprint density at radius 3 is 2.20 bits per heavy atom. The molecule has 3 nitrogen and oxygen atoms in total. The molecule has 2 atom stereocenters. The Morgan fingerprint density at radius 1 is 1.05 bits per heavy atom. The first kappa shape index (κ1) is 14.2. The molecular formula is C16H16FNO2. The molecule has 0 radical (unpaired) electrons. The van der Waals surface area contributed by atoms with Crippen molar-refractivity contribution in [3.8, 4) is 0 Å². The van der Waals surface area contributed by atoms with E-state index in [1.807, 2.05) is 13.0 Å². The molecule has 0 spiro atoms. The predicted octanol–water partition coefficient (Wildman–Crippen LogP) is 3.30. The van der Waals surface area contributed by atoms with Crippen LogP contribution in [0.4, 0.5) is 4.39 Å². The molecule has 0 aliphatic heterocycles. The Morgan fingerprint density at radius 2 is 1.65 bits per heavy atom. The summed E-state index contributed by atoms with van der Waals surface area (Å²) in [5, 5.41) is 12.4. The van der Waals surface area contributed by atoms with Crippen LogP contribution in [0.25, 0.3) is 0 Å². The Bertz CT molecular complexity index is 569. The fourth-order valence-electron chi connectivity index (χ4n) is 2.05. The number of aliphatic carboxylic acids is 1. The second-order valence-corrected chi connectivity index (χ2v) is 4.62. The van der Waals surface area contributed by atoms with Crippen molar-refractivity contribution in [1.29, 1.82) is 0 Å². The fraction of sp³-hybridized carbons (Fsp3) is 0.188. The van der Waals surface area contributed by atoms with Crippen LogP contribution in [0, 0.1) is 5.82 Å². The summed E-state index contributed by atoms with van der Waals surface area (Å²) in [6.45, 7) is 1.85. The van der Waals surface area contributed by atoms with Gasteiger partial charge in [-0.1, -0.05) is 42.5 Å². The number of carboxylic acids is 1. The number of nitrogens with one attached hydrogen (secondary N) is 1. The summed E-state index contributed by atoms with van der Waals surface area (Å²) in [5.41, 5.74) is 1.53. The van der Waals surface area contributed by atoms with Crippen molar-refractivity contribution >= 4 is 5.97 Å². The van der Waals surface area contributed by atoms with Gasteiger partial charge in [0.2, 0.25) is 0 Å². The maximum absolute atomic E-state index is 12.9. The van der Waals surface area contributed by atoms with E-state index in [0.29, 0.717) is 5.56 Å². The first-order valence-electron chi connectivity index (χ1n) is 6.37. The highest BCUT2D eigenvalue weighted by Crippen LogP contribution is 2.20. The number of hydrogen-bond donors (Lipinski definition) is 2. The molecule has 4 heteroatoms. The van der Waals surface area contributed by atoms with Gasteiger partial charge in [-0.2, -0.15) is 0 Å². The van der Waals surface area contributed by atoms with E-state index in [1.165, 1.54) is 12.1 Å². The lowest BCUT2D eigenvalue weighted by Crippen LogP contribution is -2.30. The van der Waals surface area contributed by atoms with Gasteiger partial charge in [0, 0.05) is 6.04 Å². The molecule has 0 aliphatic rings. The lowest BCUT2D eigenvalue weighted by molar-refractivity contribution is -0.139. The molecule has 2 aromatic carbocycles.